The smallest absolute Gasteiger partial charge is 0.0548 e. The fraction of sp³-hybridized carbons (Fsp3) is 0.556. The van der Waals surface area contributed by atoms with Crippen molar-refractivity contribution in [3.8, 4) is 0 Å². The van der Waals surface area contributed by atoms with Crippen molar-refractivity contribution in [3.05, 3.63) is 20.8 Å². The molecule has 0 atom stereocenters. The van der Waals surface area contributed by atoms with Crippen molar-refractivity contribution < 1.29 is 0 Å². The Morgan fingerprint density at radius 1 is 1.58 bits per heavy atom. The van der Waals surface area contributed by atoms with Gasteiger partial charge in [-0.25, -0.2) is 0 Å². The van der Waals surface area contributed by atoms with Gasteiger partial charge in [0.15, 0.2) is 0 Å². The summed E-state index contributed by atoms with van der Waals surface area (Å²) in [5.41, 5.74) is 5.73. The highest BCUT2D eigenvalue weighted by atomic mass is 35.5. The maximum absolute atomic E-state index is 6.01. The molecule has 0 spiro atoms. The summed E-state index contributed by atoms with van der Waals surface area (Å²) in [6, 6.07) is 1.99. The second-order valence-corrected chi connectivity index (χ2v) is 5.54. The van der Waals surface area contributed by atoms with Gasteiger partial charge in [-0.3, -0.25) is 0 Å². The molecule has 12 heavy (non-hydrogen) atoms. The third-order valence-electron chi connectivity index (χ3n) is 1.50. The van der Waals surface area contributed by atoms with Gasteiger partial charge in [0.2, 0.25) is 0 Å². The Morgan fingerprint density at radius 2 is 2.17 bits per heavy atom. The lowest BCUT2D eigenvalue weighted by molar-refractivity contribution is 0.521. The van der Waals surface area contributed by atoms with Crippen molar-refractivity contribution in [3.63, 3.8) is 0 Å². The molecule has 0 amide bonds. The highest BCUT2D eigenvalue weighted by Gasteiger charge is 2.15. The minimum atomic E-state index is -0.166. The molecule has 0 fully saturated rings. The minimum absolute atomic E-state index is 0.166. The fourth-order valence-corrected chi connectivity index (χ4v) is 2.64. The standard InChI is InChI=1S/C9H14ClNS/c1-6-4-7(10)8(12-6)5-9(2,3)11/h4H,5,11H2,1-3H3. The Kier molecular flexibility index (Phi) is 2.81. The topological polar surface area (TPSA) is 26.0 Å². The van der Waals surface area contributed by atoms with Gasteiger partial charge in [-0.15, -0.1) is 11.3 Å². The molecule has 68 valence electrons. The molecule has 3 heteroatoms. The van der Waals surface area contributed by atoms with Gasteiger partial charge in [0.25, 0.3) is 0 Å². The lowest BCUT2D eigenvalue weighted by Gasteiger charge is -2.17. The van der Waals surface area contributed by atoms with Crippen LogP contribution in [-0.4, -0.2) is 5.54 Å². The van der Waals surface area contributed by atoms with Gasteiger partial charge in [0, 0.05) is 21.7 Å². The first-order chi connectivity index (χ1) is 5.38. The number of hydrogen-bond donors (Lipinski definition) is 1. The van der Waals surface area contributed by atoms with Gasteiger partial charge < -0.3 is 5.73 Å². The van der Waals surface area contributed by atoms with Crippen LogP contribution in [0.3, 0.4) is 0 Å². The predicted octanol–water partition coefficient (Wildman–Crippen LogP) is 2.99. The van der Waals surface area contributed by atoms with Gasteiger partial charge in [-0.05, 0) is 26.8 Å². The largest absolute Gasteiger partial charge is 0.325 e. The van der Waals surface area contributed by atoms with E-state index in [4.69, 9.17) is 17.3 Å². The Balaban J connectivity index is 2.82. The van der Waals surface area contributed by atoms with Gasteiger partial charge in [0.05, 0.1) is 5.02 Å². The molecule has 0 saturated heterocycles. The van der Waals surface area contributed by atoms with E-state index in [0.29, 0.717) is 0 Å². The molecule has 0 saturated carbocycles. The maximum Gasteiger partial charge on any atom is 0.0548 e. The number of rotatable bonds is 2. The maximum atomic E-state index is 6.01. The zero-order chi connectivity index (χ0) is 9.35. The SMILES string of the molecule is Cc1cc(Cl)c(CC(C)(C)N)s1. The summed E-state index contributed by atoms with van der Waals surface area (Å²) < 4.78 is 0. The van der Waals surface area contributed by atoms with E-state index in [1.54, 1.807) is 11.3 Å². The molecule has 0 aliphatic rings. The second-order valence-electron chi connectivity index (χ2n) is 3.79. The van der Waals surface area contributed by atoms with E-state index in [1.165, 1.54) is 9.75 Å². The number of aryl methyl sites for hydroxylation is 1. The first-order valence-corrected chi connectivity index (χ1v) is 5.11. The average Bonchev–Trinajstić information content (AvgIpc) is 2.06. The molecule has 1 rings (SSSR count). The van der Waals surface area contributed by atoms with E-state index < -0.39 is 0 Å². The minimum Gasteiger partial charge on any atom is -0.325 e. The van der Waals surface area contributed by atoms with E-state index in [2.05, 4.69) is 6.92 Å². The van der Waals surface area contributed by atoms with Crippen molar-refractivity contribution in [1.82, 2.24) is 0 Å². The van der Waals surface area contributed by atoms with Crippen molar-refractivity contribution in [2.75, 3.05) is 0 Å². The molecule has 1 heterocycles. The van der Waals surface area contributed by atoms with E-state index in [0.717, 1.165) is 11.4 Å². The molecule has 0 bridgehead atoms. The lowest BCUT2D eigenvalue weighted by Crippen LogP contribution is -2.34. The normalized spacial score (nSPS) is 12.1. The first kappa shape index (κ1) is 10.0. The van der Waals surface area contributed by atoms with Crippen LogP contribution in [0.2, 0.25) is 5.02 Å². The van der Waals surface area contributed by atoms with Crippen LogP contribution in [-0.2, 0) is 6.42 Å². The summed E-state index contributed by atoms with van der Waals surface area (Å²) in [6.07, 6.45) is 0.852. The Morgan fingerprint density at radius 3 is 2.50 bits per heavy atom. The van der Waals surface area contributed by atoms with Crippen molar-refractivity contribution in [2.24, 2.45) is 5.73 Å². The van der Waals surface area contributed by atoms with Gasteiger partial charge >= 0.3 is 0 Å². The Hall–Kier alpha value is -0.0500. The number of halogens is 1. The summed E-state index contributed by atoms with van der Waals surface area (Å²) in [4.78, 5) is 2.45. The molecule has 0 aliphatic carbocycles. The van der Waals surface area contributed by atoms with Crippen LogP contribution in [0.25, 0.3) is 0 Å². The molecule has 1 aromatic heterocycles. The van der Waals surface area contributed by atoms with E-state index in [1.807, 2.05) is 19.9 Å². The summed E-state index contributed by atoms with van der Waals surface area (Å²) >= 11 is 7.74. The van der Waals surface area contributed by atoms with Gasteiger partial charge in [-0.2, -0.15) is 0 Å². The molecular formula is C9H14ClNS. The third kappa shape index (κ3) is 2.77. The molecular weight excluding hydrogens is 190 g/mol. The summed E-state index contributed by atoms with van der Waals surface area (Å²) in [5, 5.41) is 0.857. The average molecular weight is 204 g/mol. The number of hydrogen-bond acceptors (Lipinski definition) is 2. The third-order valence-corrected chi connectivity index (χ3v) is 3.00. The predicted molar refractivity (Wildman–Crippen MR) is 56.0 cm³/mol. The van der Waals surface area contributed by atoms with Gasteiger partial charge in [-0.1, -0.05) is 11.6 Å². The summed E-state index contributed by atoms with van der Waals surface area (Å²) in [5.74, 6) is 0. The summed E-state index contributed by atoms with van der Waals surface area (Å²) in [6.45, 7) is 6.08. The van der Waals surface area contributed by atoms with Crippen LogP contribution in [0.5, 0.6) is 0 Å². The molecule has 2 N–H and O–H groups in total. The van der Waals surface area contributed by atoms with Crippen LogP contribution in [0.4, 0.5) is 0 Å². The second kappa shape index (κ2) is 3.36. The molecule has 1 nitrogen and oxygen atoms in total. The van der Waals surface area contributed by atoms with Crippen LogP contribution >= 0.6 is 22.9 Å². The van der Waals surface area contributed by atoms with Crippen molar-refractivity contribution in [1.29, 1.82) is 0 Å². The highest BCUT2D eigenvalue weighted by molar-refractivity contribution is 7.12. The Labute approximate surface area is 82.5 Å². The number of thiophene rings is 1. The molecule has 0 radical (unpaired) electrons. The zero-order valence-electron chi connectivity index (χ0n) is 7.65. The number of nitrogens with two attached hydrogens (primary N) is 1. The molecule has 1 aromatic rings. The van der Waals surface area contributed by atoms with Crippen LogP contribution in [0, 0.1) is 6.92 Å². The van der Waals surface area contributed by atoms with Gasteiger partial charge in [0.1, 0.15) is 0 Å². The molecule has 0 aliphatic heterocycles. The zero-order valence-corrected chi connectivity index (χ0v) is 9.22. The van der Waals surface area contributed by atoms with E-state index in [9.17, 15) is 0 Å². The van der Waals surface area contributed by atoms with Crippen LogP contribution < -0.4 is 5.73 Å². The van der Waals surface area contributed by atoms with Crippen LogP contribution in [0.15, 0.2) is 6.07 Å². The molecule has 0 unspecified atom stereocenters. The van der Waals surface area contributed by atoms with E-state index >= 15 is 0 Å². The van der Waals surface area contributed by atoms with Crippen molar-refractivity contribution >= 4 is 22.9 Å². The quantitative estimate of drug-likeness (QED) is 0.786. The lowest BCUT2D eigenvalue weighted by atomic mass is 10.0. The summed E-state index contributed by atoms with van der Waals surface area (Å²) in [7, 11) is 0. The van der Waals surface area contributed by atoms with Crippen LogP contribution in [0.1, 0.15) is 23.6 Å². The highest BCUT2D eigenvalue weighted by Crippen LogP contribution is 2.28. The van der Waals surface area contributed by atoms with E-state index in [-0.39, 0.29) is 5.54 Å². The van der Waals surface area contributed by atoms with Crippen molar-refractivity contribution in [2.45, 2.75) is 32.7 Å². The first-order valence-electron chi connectivity index (χ1n) is 3.92. The Bertz CT molecular complexity index is 273. The monoisotopic (exact) mass is 203 g/mol. The fourth-order valence-electron chi connectivity index (χ4n) is 1.07. The molecule has 0 aromatic carbocycles.